The Morgan fingerprint density at radius 3 is 2.58 bits per heavy atom. The van der Waals surface area contributed by atoms with E-state index in [1.807, 2.05) is 24.3 Å². The third kappa shape index (κ3) is 7.42. The van der Waals surface area contributed by atoms with E-state index in [1.54, 1.807) is 6.08 Å². The van der Waals surface area contributed by atoms with Crippen LogP contribution in [-0.4, -0.2) is 17.7 Å². The lowest BCUT2D eigenvalue weighted by Gasteiger charge is -2.04. The SMILES string of the molecule is CCCCCCOCc1ccc(C=CC(=O)O)cc1. The lowest BCUT2D eigenvalue weighted by Crippen LogP contribution is -1.95. The lowest BCUT2D eigenvalue weighted by molar-refractivity contribution is -0.131. The molecule has 3 nitrogen and oxygen atoms in total. The summed E-state index contributed by atoms with van der Waals surface area (Å²) < 4.78 is 5.59. The minimum atomic E-state index is -0.931. The summed E-state index contributed by atoms with van der Waals surface area (Å²) in [6, 6.07) is 7.73. The van der Waals surface area contributed by atoms with E-state index in [-0.39, 0.29) is 0 Å². The van der Waals surface area contributed by atoms with E-state index in [0.29, 0.717) is 6.61 Å². The second-order valence-corrected chi connectivity index (χ2v) is 4.53. The summed E-state index contributed by atoms with van der Waals surface area (Å²) in [4.78, 5) is 10.4. The van der Waals surface area contributed by atoms with Gasteiger partial charge < -0.3 is 9.84 Å². The topological polar surface area (TPSA) is 46.5 Å². The highest BCUT2D eigenvalue weighted by molar-refractivity contribution is 5.85. The number of unbranched alkanes of at least 4 members (excludes halogenated alkanes) is 3. The smallest absolute Gasteiger partial charge is 0.328 e. The van der Waals surface area contributed by atoms with Crippen molar-refractivity contribution < 1.29 is 14.6 Å². The Balaban J connectivity index is 2.26. The van der Waals surface area contributed by atoms with Gasteiger partial charge in [-0.15, -0.1) is 0 Å². The summed E-state index contributed by atoms with van der Waals surface area (Å²) in [7, 11) is 0. The first-order valence-corrected chi connectivity index (χ1v) is 6.80. The largest absolute Gasteiger partial charge is 0.478 e. The zero-order valence-corrected chi connectivity index (χ0v) is 11.5. The van der Waals surface area contributed by atoms with Crippen LogP contribution < -0.4 is 0 Å². The second-order valence-electron chi connectivity index (χ2n) is 4.53. The average molecular weight is 262 g/mol. The first-order chi connectivity index (χ1) is 9.22. The van der Waals surface area contributed by atoms with Crippen LogP contribution in [0.5, 0.6) is 0 Å². The van der Waals surface area contributed by atoms with Crippen LogP contribution in [0.3, 0.4) is 0 Å². The third-order valence-corrected chi connectivity index (χ3v) is 2.81. The number of hydrogen-bond acceptors (Lipinski definition) is 2. The Morgan fingerprint density at radius 1 is 1.21 bits per heavy atom. The number of benzene rings is 1. The minimum Gasteiger partial charge on any atom is -0.478 e. The van der Waals surface area contributed by atoms with Gasteiger partial charge in [-0.1, -0.05) is 50.5 Å². The first kappa shape index (κ1) is 15.4. The van der Waals surface area contributed by atoms with Gasteiger partial charge in [-0.2, -0.15) is 0 Å². The van der Waals surface area contributed by atoms with E-state index in [9.17, 15) is 4.79 Å². The van der Waals surface area contributed by atoms with Crippen molar-refractivity contribution >= 4 is 12.0 Å². The Labute approximate surface area is 114 Å². The molecule has 1 aromatic carbocycles. The Kier molecular flexibility index (Phi) is 7.59. The molecule has 0 saturated heterocycles. The van der Waals surface area contributed by atoms with Gasteiger partial charge in [-0.25, -0.2) is 4.79 Å². The predicted molar refractivity (Wildman–Crippen MR) is 76.9 cm³/mol. The van der Waals surface area contributed by atoms with Gasteiger partial charge in [0.25, 0.3) is 0 Å². The fourth-order valence-electron chi connectivity index (χ4n) is 1.71. The van der Waals surface area contributed by atoms with Gasteiger partial charge in [0.15, 0.2) is 0 Å². The third-order valence-electron chi connectivity index (χ3n) is 2.81. The molecule has 0 amide bonds. The Bertz CT molecular complexity index is 393. The summed E-state index contributed by atoms with van der Waals surface area (Å²) >= 11 is 0. The average Bonchev–Trinajstić information content (AvgIpc) is 2.41. The number of carboxylic acids is 1. The van der Waals surface area contributed by atoms with Crippen molar-refractivity contribution in [3.05, 3.63) is 41.5 Å². The summed E-state index contributed by atoms with van der Waals surface area (Å²) in [5.41, 5.74) is 2.00. The summed E-state index contributed by atoms with van der Waals surface area (Å²) in [6.45, 7) is 3.62. The minimum absolute atomic E-state index is 0.620. The van der Waals surface area contributed by atoms with E-state index in [0.717, 1.165) is 30.2 Å². The fraction of sp³-hybridized carbons (Fsp3) is 0.438. The molecule has 3 heteroatoms. The van der Waals surface area contributed by atoms with Gasteiger partial charge in [0.05, 0.1) is 6.61 Å². The molecule has 0 aromatic heterocycles. The molecule has 0 aliphatic carbocycles. The molecule has 0 unspecified atom stereocenters. The molecular formula is C16H22O3. The summed E-state index contributed by atoms with van der Waals surface area (Å²) in [5.74, 6) is -0.931. The molecule has 0 spiro atoms. The van der Waals surface area contributed by atoms with Gasteiger partial charge >= 0.3 is 5.97 Å². The number of hydrogen-bond donors (Lipinski definition) is 1. The number of rotatable bonds is 9. The lowest BCUT2D eigenvalue weighted by atomic mass is 10.1. The standard InChI is InChI=1S/C16H22O3/c1-2-3-4-5-12-19-13-15-8-6-14(7-9-15)10-11-16(17)18/h6-11H,2-5,12-13H2,1H3,(H,17,18). The van der Waals surface area contributed by atoms with Crippen molar-refractivity contribution in [2.24, 2.45) is 0 Å². The van der Waals surface area contributed by atoms with Crippen molar-refractivity contribution in [3.63, 3.8) is 0 Å². The second kappa shape index (κ2) is 9.34. The van der Waals surface area contributed by atoms with E-state index in [4.69, 9.17) is 9.84 Å². The van der Waals surface area contributed by atoms with Crippen LogP contribution in [0.1, 0.15) is 43.7 Å². The van der Waals surface area contributed by atoms with Gasteiger partial charge in [0.2, 0.25) is 0 Å². The summed E-state index contributed by atoms with van der Waals surface area (Å²) in [6.07, 6.45) is 7.58. The van der Waals surface area contributed by atoms with Crippen LogP contribution in [0.2, 0.25) is 0 Å². The highest BCUT2D eigenvalue weighted by Gasteiger charge is 1.95. The Morgan fingerprint density at radius 2 is 1.95 bits per heavy atom. The molecule has 104 valence electrons. The van der Waals surface area contributed by atoms with Crippen molar-refractivity contribution in [1.82, 2.24) is 0 Å². The van der Waals surface area contributed by atoms with Crippen LogP contribution in [0.4, 0.5) is 0 Å². The molecule has 1 aromatic rings. The molecule has 0 aliphatic heterocycles. The quantitative estimate of drug-likeness (QED) is 0.542. The van der Waals surface area contributed by atoms with Crippen LogP contribution in [0, 0.1) is 0 Å². The molecule has 0 heterocycles. The molecule has 0 saturated carbocycles. The summed E-state index contributed by atoms with van der Waals surface area (Å²) in [5, 5.41) is 8.53. The maximum absolute atomic E-state index is 10.4. The molecule has 0 atom stereocenters. The van der Waals surface area contributed by atoms with Gasteiger partial charge in [-0.05, 0) is 23.6 Å². The van der Waals surface area contributed by atoms with Crippen LogP contribution in [0.25, 0.3) is 6.08 Å². The molecule has 0 aliphatic rings. The van der Waals surface area contributed by atoms with E-state index in [1.165, 1.54) is 19.3 Å². The van der Waals surface area contributed by atoms with Crippen molar-refractivity contribution in [3.8, 4) is 0 Å². The van der Waals surface area contributed by atoms with Gasteiger partial charge in [0.1, 0.15) is 0 Å². The zero-order chi connectivity index (χ0) is 13.9. The molecule has 1 N–H and O–H groups in total. The van der Waals surface area contributed by atoms with Crippen molar-refractivity contribution in [2.75, 3.05) is 6.61 Å². The molecule has 0 fully saturated rings. The molecular weight excluding hydrogens is 240 g/mol. The van der Waals surface area contributed by atoms with Gasteiger partial charge in [0, 0.05) is 12.7 Å². The van der Waals surface area contributed by atoms with Crippen LogP contribution in [0.15, 0.2) is 30.3 Å². The van der Waals surface area contributed by atoms with Crippen molar-refractivity contribution in [2.45, 2.75) is 39.2 Å². The maximum atomic E-state index is 10.4. The molecule has 1 rings (SSSR count). The zero-order valence-electron chi connectivity index (χ0n) is 11.5. The van der Waals surface area contributed by atoms with E-state index in [2.05, 4.69) is 6.92 Å². The van der Waals surface area contributed by atoms with Crippen LogP contribution in [-0.2, 0) is 16.1 Å². The molecule has 19 heavy (non-hydrogen) atoms. The van der Waals surface area contributed by atoms with Gasteiger partial charge in [-0.3, -0.25) is 0 Å². The first-order valence-electron chi connectivity index (χ1n) is 6.80. The number of carbonyl (C=O) groups is 1. The Hall–Kier alpha value is -1.61. The van der Waals surface area contributed by atoms with E-state index >= 15 is 0 Å². The fourth-order valence-corrected chi connectivity index (χ4v) is 1.71. The number of aliphatic carboxylic acids is 1. The maximum Gasteiger partial charge on any atom is 0.328 e. The number of carboxylic acid groups (broad SMARTS) is 1. The van der Waals surface area contributed by atoms with E-state index < -0.39 is 5.97 Å². The molecule has 0 radical (unpaired) electrons. The highest BCUT2D eigenvalue weighted by Crippen LogP contribution is 2.08. The monoisotopic (exact) mass is 262 g/mol. The van der Waals surface area contributed by atoms with Crippen LogP contribution >= 0.6 is 0 Å². The normalized spacial score (nSPS) is 11.0. The highest BCUT2D eigenvalue weighted by atomic mass is 16.5. The molecule has 0 bridgehead atoms. The predicted octanol–water partition coefficient (Wildman–Crippen LogP) is 3.88. The van der Waals surface area contributed by atoms with Crippen molar-refractivity contribution in [1.29, 1.82) is 0 Å². The number of ether oxygens (including phenoxy) is 1.